The van der Waals surface area contributed by atoms with Gasteiger partial charge in [0.15, 0.2) is 0 Å². The number of nitrogens with one attached hydrogen (secondary N) is 2. The Morgan fingerprint density at radius 1 is 1.30 bits per heavy atom. The van der Waals surface area contributed by atoms with Crippen molar-refractivity contribution in [2.24, 2.45) is 11.3 Å². The van der Waals surface area contributed by atoms with Gasteiger partial charge in [-0.2, -0.15) is 0 Å². The number of amides is 2. The van der Waals surface area contributed by atoms with Gasteiger partial charge in [0.05, 0.1) is 0 Å². The van der Waals surface area contributed by atoms with Gasteiger partial charge in [-0.1, -0.05) is 26.7 Å². The van der Waals surface area contributed by atoms with Crippen LogP contribution in [0.3, 0.4) is 0 Å². The minimum atomic E-state index is -0.362. The summed E-state index contributed by atoms with van der Waals surface area (Å²) in [4.78, 5) is 26.7. The summed E-state index contributed by atoms with van der Waals surface area (Å²) in [7, 11) is 1.63. The summed E-state index contributed by atoms with van der Waals surface area (Å²) < 4.78 is 0. The van der Waals surface area contributed by atoms with Crippen LogP contribution in [0, 0.1) is 11.3 Å². The first-order valence-electron chi connectivity index (χ1n) is 7.70. The summed E-state index contributed by atoms with van der Waals surface area (Å²) in [6, 6.07) is -0.362. The number of piperazine rings is 1. The second-order valence-electron chi connectivity index (χ2n) is 6.65. The Kier molecular flexibility index (Phi) is 4.68. The molecule has 2 unspecified atom stereocenters. The third-order valence-electron chi connectivity index (χ3n) is 4.88. The number of carbonyl (C=O) groups is 2. The Morgan fingerprint density at radius 2 is 2.05 bits per heavy atom. The maximum Gasteiger partial charge on any atom is 0.243 e. The third-order valence-corrected chi connectivity index (χ3v) is 4.88. The number of rotatable bonds is 2. The van der Waals surface area contributed by atoms with Crippen molar-refractivity contribution in [1.29, 1.82) is 0 Å². The molecule has 1 aliphatic heterocycles. The van der Waals surface area contributed by atoms with Crippen LogP contribution in [0.5, 0.6) is 0 Å². The van der Waals surface area contributed by atoms with E-state index in [2.05, 4.69) is 24.5 Å². The first-order chi connectivity index (χ1) is 9.47. The summed E-state index contributed by atoms with van der Waals surface area (Å²) in [6.45, 7) is 6.33. The lowest BCUT2D eigenvalue weighted by Gasteiger charge is -2.43. The second-order valence-corrected chi connectivity index (χ2v) is 6.65. The second kappa shape index (κ2) is 6.12. The first-order valence-corrected chi connectivity index (χ1v) is 7.70. The molecule has 2 N–H and O–H groups in total. The minimum absolute atomic E-state index is 0.0491. The number of hydrogen-bond acceptors (Lipinski definition) is 3. The zero-order chi connectivity index (χ0) is 14.8. The molecular weight excluding hydrogens is 254 g/mol. The molecule has 0 aromatic rings. The number of likely N-dealkylation sites (N-methyl/N-ethyl adjacent to an activating group) is 1. The van der Waals surface area contributed by atoms with Crippen LogP contribution in [0.15, 0.2) is 0 Å². The van der Waals surface area contributed by atoms with Gasteiger partial charge in [0.25, 0.3) is 0 Å². The van der Waals surface area contributed by atoms with Crippen LogP contribution in [0.2, 0.25) is 0 Å². The van der Waals surface area contributed by atoms with E-state index < -0.39 is 0 Å². The summed E-state index contributed by atoms with van der Waals surface area (Å²) in [6.07, 6.45) is 4.38. The molecule has 1 saturated carbocycles. The molecule has 1 heterocycles. The van der Waals surface area contributed by atoms with E-state index in [1.807, 2.05) is 0 Å². The molecule has 1 aliphatic carbocycles. The fourth-order valence-electron chi connectivity index (χ4n) is 3.52. The van der Waals surface area contributed by atoms with Gasteiger partial charge in [-0.05, 0) is 18.3 Å². The Labute approximate surface area is 121 Å². The van der Waals surface area contributed by atoms with E-state index >= 15 is 0 Å². The SMILES string of the molecule is CNC(=O)C1CNCCN1C(=O)C1CCCCC1(C)C. The van der Waals surface area contributed by atoms with Crippen LogP contribution >= 0.6 is 0 Å². The largest absolute Gasteiger partial charge is 0.357 e. The highest BCUT2D eigenvalue weighted by Crippen LogP contribution is 2.41. The molecule has 2 amide bonds. The van der Waals surface area contributed by atoms with E-state index in [-0.39, 0.29) is 29.2 Å². The maximum absolute atomic E-state index is 12.9. The smallest absolute Gasteiger partial charge is 0.243 e. The van der Waals surface area contributed by atoms with E-state index in [1.54, 1.807) is 11.9 Å². The fourth-order valence-corrected chi connectivity index (χ4v) is 3.52. The molecule has 5 nitrogen and oxygen atoms in total. The van der Waals surface area contributed by atoms with Crippen molar-refractivity contribution in [2.75, 3.05) is 26.7 Å². The predicted octanol–water partition coefficient (Wildman–Crippen LogP) is 0.749. The lowest BCUT2D eigenvalue weighted by Crippen LogP contribution is -2.61. The third kappa shape index (κ3) is 2.97. The number of carbonyl (C=O) groups excluding carboxylic acids is 2. The van der Waals surface area contributed by atoms with E-state index in [1.165, 1.54) is 6.42 Å². The van der Waals surface area contributed by atoms with Gasteiger partial charge in [0.2, 0.25) is 11.8 Å². The topological polar surface area (TPSA) is 61.4 Å². The monoisotopic (exact) mass is 281 g/mol. The lowest BCUT2D eigenvalue weighted by molar-refractivity contribution is -0.149. The van der Waals surface area contributed by atoms with Gasteiger partial charge in [0.1, 0.15) is 6.04 Å². The molecule has 5 heteroatoms. The van der Waals surface area contributed by atoms with Crippen LogP contribution in [0.4, 0.5) is 0 Å². The fraction of sp³-hybridized carbons (Fsp3) is 0.867. The summed E-state index contributed by atoms with van der Waals surface area (Å²) >= 11 is 0. The van der Waals surface area contributed by atoms with Gasteiger partial charge in [-0.25, -0.2) is 0 Å². The summed E-state index contributed by atoms with van der Waals surface area (Å²) in [5, 5.41) is 5.87. The Hall–Kier alpha value is -1.10. The maximum atomic E-state index is 12.9. The van der Waals surface area contributed by atoms with Gasteiger partial charge < -0.3 is 15.5 Å². The molecule has 2 fully saturated rings. The molecule has 2 atom stereocenters. The molecule has 1 saturated heterocycles. The van der Waals surface area contributed by atoms with E-state index in [4.69, 9.17) is 0 Å². The van der Waals surface area contributed by atoms with Crippen molar-refractivity contribution in [3.63, 3.8) is 0 Å². The van der Waals surface area contributed by atoms with Crippen molar-refractivity contribution < 1.29 is 9.59 Å². The highest BCUT2D eigenvalue weighted by atomic mass is 16.2. The highest BCUT2D eigenvalue weighted by molar-refractivity contribution is 5.89. The highest BCUT2D eigenvalue weighted by Gasteiger charge is 2.42. The predicted molar refractivity (Wildman–Crippen MR) is 78.2 cm³/mol. The minimum Gasteiger partial charge on any atom is -0.357 e. The van der Waals surface area contributed by atoms with Crippen LogP contribution in [0.25, 0.3) is 0 Å². The number of nitrogens with zero attached hydrogens (tertiary/aromatic N) is 1. The van der Waals surface area contributed by atoms with Crippen molar-refractivity contribution in [1.82, 2.24) is 15.5 Å². The molecule has 0 bridgehead atoms. The molecule has 20 heavy (non-hydrogen) atoms. The normalized spacial score (nSPS) is 29.9. The molecule has 0 spiro atoms. The molecule has 0 aromatic heterocycles. The first kappa shape index (κ1) is 15.3. The lowest BCUT2D eigenvalue weighted by atomic mass is 9.68. The zero-order valence-electron chi connectivity index (χ0n) is 12.9. The molecule has 114 valence electrons. The molecular formula is C15H27N3O2. The standard InChI is InChI=1S/C15H27N3O2/c1-15(2)7-5-4-6-11(15)14(20)18-9-8-17-10-12(18)13(19)16-3/h11-12,17H,4-10H2,1-3H3,(H,16,19). The van der Waals surface area contributed by atoms with Crippen molar-refractivity contribution >= 4 is 11.8 Å². The van der Waals surface area contributed by atoms with Gasteiger partial charge in [-0.3, -0.25) is 9.59 Å². The zero-order valence-corrected chi connectivity index (χ0v) is 12.9. The van der Waals surface area contributed by atoms with Gasteiger partial charge in [-0.15, -0.1) is 0 Å². The average Bonchev–Trinajstić information content (AvgIpc) is 2.45. The Bertz CT molecular complexity index is 381. The van der Waals surface area contributed by atoms with Crippen molar-refractivity contribution in [3.05, 3.63) is 0 Å². The quantitative estimate of drug-likeness (QED) is 0.785. The van der Waals surface area contributed by atoms with Crippen molar-refractivity contribution in [2.45, 2.75) is 45.6 Å². The van der Waals surface area contributed by atoms with Gasteiger partial charge in [0, 0.05) is 32.6 Å². The van der Waals surface area contributed by atoms with E-state index in [0.717, 1.165) is 25.8 Å². The number of hydrogen-bond donors (Lipinski definition) is 2. The Morgan fingerprint density at radius 3 is 2.70 bits per heavy atom. The van der Waals surface area contributed by atoms with Crippen LogP contribution < -0.4 is 10.6 Å². The molecule has 2 rings (SSSR count). The van der Waals surface area contributed by atoms with Crippen molar-refractivity contribution in [3.8, 4) is 0 Å². The Balaban J connectivity index is 2.14. The molecule has 0 radical (unpaired) electrons. The average molecular weight is 281 g/mol. The molecule has 0 aromatic carbocycles. The van der Waals surface area contributed by atoms with Gasteiger partial charge >= 0.3 is 0 Å². The van der Waals surface area contributed by atoms with Crippen LogP contribution in [0.1, 0.15) is 39.5 Å². The summed E-state index contributed by atoms with van der Waals surface area (Å²) in [5.41, 5.74) is 0.0491. The molecule has 2 aliphatic rings. The van der Waals surface area contributed by atoms with E-state index in [0.29, 0.717) is 13.1 Å². The summed E-state index contributed by atoms with van der Waals surface area (Å²) in [5.74, 6) is 0.158. The van der Waals surface area contributed by atoms with E-state index in [9.17, 15) is 9.59 Å². The van der Waals surface area contributed by atoms with Crippen LogP contribution in [-0.4, -0.2) is 49.4 Å². The van der Waals surface area contributed by atoms with Crippen LogP contribution in [-0.2, 0) is 9.59 Å².